The van der Waals surface area contributed by atoms with Gasteiger partial charge in [-0.3, -0.25) is 18.9 Å². The molecule has 0 amide bonds. The Morgan fingerprint density at radius 3 is 2.43 bits per heavy atom. The molecular weight excluding hydrogens is 486 g/mol. The predicted octanol–water partition coefficient (Wildman–Crippen LogP) is 4.24. The zero-order valence-corrected chi connectivity index (χ0v) is 21.6. The summed E-state index contributed by atoms with van der Waals surface area (Å²) in [6.07, 6.45) is 1.73. The number of rotatable bonds is 9. The summed E-state index contributed by atoms with van der Waals surface area (Å²) in [6, 6.07) is 20.4. The number of pyridine rings is 1. The lowest BCUT2D eigenvalue weighted by molar-refractivity contribution is 0.0322. The Bertz CT molecular complexity index is 1430. The Hall–Kier alpha value is -3.46. The van der Waals surface area contributed by atoms with Crippen molar-refractivity contribution in [3.63, 3.8) is 0 Å². The largest absolute Gasteiger partial charge is 0.492 e. The van der Waals surface area contributed by atoms with Crippen LogP contribution in [0.2, 0.25) is 0 Å². The summed E-state index contributed by atoms with van der Waals surface area (Å²) in [5.41, 5.74) is 3.53. The van der Waals surface area contributed by atoms with Gasteiger partial charge in [-0.1, -0.05) is 30.3 Å². The van der Waals surface area contributed by atoms with Crippen LogP contribution in [0.25, 0.3) is 5.65 Å². The summed E-state index contributed by atoms with van der Waals surface area (Å²) < 4.78 is 12.8. The van der Waals surface area contributed by atoms with Crippen molar-refractivity contribution in [1.29, 1.82) is 0 Å². The molecule has 4 aromatic rings. The third-order valence-corrected chi connectivity index (χ3v) is 7.55. The highest BCUT2D eigenvalue weighted by Gasteiger charge is 2.13. The van der Waals surface area contributed by atoms with Crippen molar-refractivity contribution in [1.82, 2.24) is 14.3 Å². The van der Waals surface area contributed by atoms with Crippen molar-refractivity contribution in [2.75, 3.05) is 39.5 Å². The number of hydrogen-bond acceptors (Lipinski definition) is 7. The second-order valence-corrected chi connectivity index (χ2v) is 9.88. The first kappa shape index (κ1) is 25.2. The summed E-state index contributed by atoms with van der Waals surface area (Å²) >= 11 is 1.52. The van der Waals surface area contributed by atoms with Crippen LogP contribution in [0.15, 0.2) is 82.7 Å². The molecule has 0 unspecified atom stereocenters. The first-order valence-electron chi connectivity index (χ1n) is 12.4. The quantitative estimate of drug-likeness (QED) is 0.188. The second-order valence-electron chi connectivity index (χ2n) is 8.92. The van der Waals surface area contributed by atoms with Crippen LogP contribution >= 0.6 is 11.8 Å². The fraction of sp³-hybridized carbons (Fsp3) is 0.276. The zero-order valence-electron chi connectivity index (χ0n) is 20.8. The molecule has 7 nitrogen and oxygen atoms in total. The van der Waals surface area contributed by atoms with E-state index in [0.717, 1.165) is 49.2 Å². The third-order valence-electron chi connectivity index (χ3n) is 6.40. The lowest BCUT2D eigenvalue weighted by Crippen LogP contribution is -2.38. The number of fused-ring (bicyclic) bond motifs is 1. The molecule has 190 valence electrons. The number of carbonyl (C=O) groups is 1. The minimum atomic E-state index is -0.0532. The van der Waals surface area contributed by atoms with Crippen LogP contribution in [0.1, 0.15) is 27.0 Å². The normalized spacial score (nSPS) is 14.1. The molecule has 0 atom stereocenters. The van der Waals surface area contributed by atoms with Gasteiger partial charge in [-0.15, -0.1) is 11.8 Å². The van der Waals surface area contributed by atoms with Crippen molar-refractivity contribution in [3.8, 4) is 5.75 Å². The van der Waals surface area contributed by atoms with Crippen LogP contribution < -0.4 is 10.3 Å². The highest BCUT2D eigenvalue weighted by molar-refractivity contribution is 7.98. The molecule has 1 aliphatic heterocycles. The van der Waals surface area contributed by atoms with Gasteiger partial charge in [-0.05, 0) is 48.9 Å². The Labute approximate surface area is 220 Å². The molecule has 8 heteroatoms. The van der Waals surface area contributed by atoms with Gasteiger partial charge in [-0.2, -0.15) is 0 Å². The van der Waals surface area contributed by atoms with Crippen LogP contribution in [0.4, 0.5) is 0 Å². The van der Waals surface area contributed by atoms with Gasteiger partial charge < -0.3 is 9.47 Å². The van der Waals surface area contributed by atoms with Crippen molar-refractivity contribution in [2.45, 2.75) is 17.7 Å². The molecule has 0 spiro atoms. The molecule has 0 bridgehead atoms. The van der Waals surface area contributed by atoms with Crippen LogP contribution in [0.5, 0.6) is 5.75 Å². The van der Waals surface area contributed by atoms with E-state index in [9.17, 15) is 9.59 Å². The van der Waals surface area contributed by atoms with Crippen LogP contribution in [-0.4, -0.2) is 59.5 Å². The minimum absolute atomic E-state index is 0.0286. The maximum absolute atomic E-state index is 13.0. The number of thioether (sulfide) groups is 1. The first-order valence-corrected chi connectivity index (χ1v) is 13.3. The molecule has 1 fully saturated rings. The summed E-state index contributed by atoms with van der Waals surface area (Å²) in [4.78, 5) is 32.5. The molecule has 3 heterocycles. The van der Waals surface area contributed by atoms with Crippen molar-refractivity contribution in [3.05, 3.63) is 106 Å². The topological polar surface area (TPSA) is 73.1 Å². The summed E-state index contributed by atoms with van der Waals surface area (Å²) in [6.45, 7) is 6.71. The number of hydrogen-bond donors (Lipinski definition) is 0. The van der Waals surface area contributed by atoms with Gasteiger partial charge in [0, 0.05) is 48.3 Å². The number of carbonyl (C=O) groups excluding carboxylic acids is 1. The summed E-state index contributed by atoms with van der Waals surface area (Å²) in [7, 11) is 0. The van der Waals surface area contributed by atoms with E-state index in [0.29, 0.717) is 34.7 Å². The van der Waals surface area contributed by atoms with Crippen LogP contribution in [0, 0.1) is 6.92 Å². The fourth-order valence-electron chi connectivity index (χ4n) is 4.19. The van der Waals surface area contributed by atoms with Crippen molar-refractivity contribution >= 4 is 23.2 Å². The highest BCUT2D eigenvalue weighted by Crippen LogP contribution is 2.24. The molecule has 0 N–H and O–H groups in total. The van der Waals surface area contributed by atoms with E-state index in [4.69, 9.17) is 9.47 Å². The van der Waals surface area contributed by atoms with Gasteiger partial charge in [0.1, 0.15) is 23.0 Å². The van der Waals surface area contributed by atoms with E-state index in [1.807, 2.05) is 66.7 Å². The molecule has 0 radical (unpaired) electrons. The Morgan fingerprint density at radius 2 is 1.70 bits per heavy atom. The molecule has 1 saturated heterocycles. The van der Waals surface area contributed by atoms with Gasteiger partial charge in [0.25, 0.3) is 5.56 Å². The van der Waals surface area contributed by atoms with Gasteiger partial charge >= 0.3 is 0 Å². The third kappa shape index (κ3) is 6.10. The minimum Gasteiger partial charge on any atom is -0.492 e. The number of aromatic nitrogens is 2. The average molecular weight is 516 g/mol. The standard InChI is InChI=1S/C29H29N3O4S/c1-21-28(30-26-4-2-3-13-32(26)29(21)34)37-20-22-5-7-23(8-6-22)27(33)24-9-11-25(12-10-24)36-19-16-31-14-17-35-18-15-31/h2-13H,14-20H2,1H3. The molecule has 37 heavy (non-hydrogen) atoms. The SMILES string of the molecule is Cc1c(SCc2ccc(C(=O)c3ccc(OCCN4CCOCC4)cc3)cc2)nc2ccccn2c1=O. The molecule has 5 rings (SSSR count). The Morgan fingerprint density at radius 1 is 1.00 bits per heavy atom. The first-order chi connectivity index (χ1) is 18.1. The van der Waals surface area contributed by atoms with E-state index in [-0.39, 0.29) is 11.3 Å². The maximum Gasteiger partial charge on any atom is 0.261 e. The zero-order chi connectivity index (χ0) is 25.6. The van der Waals surface area contributed by atoms with Gasteiger partial charge in [-0.25, -0.2) is 4.98 Å². The molecule has 1 aliphatic rings. The molecular formula is C29H29N3O4S. The van der Waals surface area contributed by atoms with Crippen LogP contribution in [-0.2, 0) is 10.5 Å². The predicted molar refractivity (Wildman–Crippen MR) is 145 cm³/mol. The number of nitrogens with zero attached hydrogens (tertiary/aromatic N) is 3. The van der Waals surface area contributed by atoms with E-state index < -0.39 is 0 Å². The molecule has 0 aliphatic carbocycles. The van der Waals surface area contributed by atoms with Gasteiger partial charge in [0.05, 0.1) is 13.2 Å². The molecule has 2 aromatic carbocycles. The highest BCUT2D eigenvalue weighted by atomic mass is 32.2. The molecule has 2 aromatic heterocycles. The van der Waals surface area contributed by atoms with Crippen LogP contribution in [0.3, 0.4) is 0 Å². The smallest absolute Gasteiger partial charge is 0.261 e. The van der Waals surface area contributed by atoms with Gasteiger partial charge in [0.15, 0.2) is 5.78 Å². The Kier molecular flexibility index (Phi) is 7.99. The van der Waals surface area contributed by atoms with E-state index in [1.165, 1.54) is 11.8 Å². The van der Waals surface area contributed by atoms with E-state index >= 15 is 0 Å². The lowest BCUT2D eigenvalue weighted by Gasteiger charge is -2.26. The van der Waals surface area contributed by atoms with E-state index in [2.05, 4.69) is 9.88 Å². The maximum atomic E-state index is 13.0. The van der Waals surface area contributed by atoms with Crippen molar-refractivity contribution in [2.24, 2.45) is 0 Å². The van der Waals surface area contributed by atoms with Crippen molar-refractivity contribution < 1.29 is 14.3 Å². The number of ether oxygens (including phenoxy) is 2. The lowest BCUT2D eigenvalue weighted by atomic mass is 10.0. The number of morpholine rings is 1. The summed E-state index contributed by atoms with van der Waals surface area (Å²) in [5, 5.41) is 0.726. The second kappa shape index (κ2) is 11.7. The average Bonchev–Trinajstić information content (AvgIpc) is 2.95. The molecule has 0 saturated carbocycles. The number of ketones is 1. The Balaban J connectivity index is 1.16. The monoisotopic (exact) mass is 515 g/mol. The number of benzene rings is 2. The van der Waals surface area contributed by atoms with Gasteiger partial charge in [0.2, 0.25) is 0 Å². The fourth-order valence-corrected chi connectivity index (χ4v) is 5.15. The van der Waals surface area contributed by atoms with E-state index in [1.54, 1.807) is 17.5 Å². The summed E-state index contributed by atoms with van der Waals surface area (Å²) in [5.74, 6) is 1.38.